The third-order valence-electron chi connectivity index (χ3n) is 4.49. The van der Waals surface area contributed by atoms with E-state index in [4.69, 9.17) is 4.74 Å². The van der Waals surface area contributed by atoms with Crippen molar-refractivity contribution in [2.75, 3.05) is 5.32 Å². The lowest BCUT2D eigenvalue weighted by molar-refractivity contribution is -0.117. The van der Waals surface area contributed by atoms with Crippen LogP contribution in [-0.2, 0) is 11.4 Å². The fourth-order valence-electron chi connectivity index (χ4n) is 2.88. The van der Waals surface area contributed by atoms with E-state index in [-0.39, 0.29) is 18.4 Å². The van der Waals surface area contributed by atoms with Crippen molar-refractivity contribution in [3.63, 3.8) is 0 Å². The molecule has 1 saturated carbocycles. The highest BCUT2D eigenvalue weighted by atomic mass is 16.5. The number of pyridine rings is 1. The molecular weight excluding hydrogens is 384 g/mol. The van der Waals surface area contributed by atoms with Crippen molar-refractivity contribution < 1.29 is 14.1 Å². The number of anilines is 1. The molecule has 1 aliphatic carbocycles. The highest BCUT2D eigenvalue weighted by Crippen LogP contribution is 2.30. The molecule has 9 heteroatoms. The zero-order chi connectivity index (χ0) is 20.9. The first-order chi connectivity index (χ1) is 14.8. The van der Waals surface area contributed by atoms with Gasteiger partial charge in [-0.2, -0.15) is 9.97 Å². The van der Waals surface area contributed by atoms with Crippen LogP contribution in [0.15, 0.2) is 53.5 Å². The van der Waals surface area contributed by atoms with Crippen molar-refractivity contribution in [3.05, 3.63) is 54.8 Å². The molecule has 154 valence electrons. The first-order valence-corrected chi connectivity index (χ1v) is 9.91. The van der Waals surface area contributed by atoms with Gasteiger partial charge in [0.1, 0.15) is 5.75 Å². The van der Waals surface area contributed by atoms with Gasteiger partial charge in [-0.05, 0) is 42.7 Å². The van der Waals surface area contributed by atoms with Crippen LogP contribution in [0.4, 0.5) is 5.95 Å². The van der Waals surface area contributed by atoms with Crippen molar-refractivity contribution in [2.45, 2.75) is 33.3 Å². The molecule has 3 aromatic heterocycles. The van der Waals surface area contributed by atoms with Crippen LogP contribution in [0.1, 0.15) is 32.5 Å². The molecule has 3 heterocycles. The molecule has 9 nitrogen and oxygen atoms in total. The molecule has 0 bridgehead atoms. The predicted octanol–water partition coefficient (Wildman–Crippen LogP) is 3.73. The van der Waals surface area contributed by atoms with E-state index in [9.17, 15) is 4.79 Å². The van der Waals surface area contributed by atoms with Gasteiger partial charge in [-0.25, -0.2) is 4.52 Å². The number of fused-ring (bicyclic) bond motifs is 1. The van der Waals surface area contributed by atoms with Gasteiger partial charge in [0.25, 0.3) is 0 Å². The molecule has 4 aromatic rings. The van der Waals surface area contributed by atoms with E-state index in [1.165, 1.54) is 6.39 Å². The molecule has 1 aliphatic rings. The lowest BCUT2D eigenvalue weighted by atomic mass is 10.1. The Morgan fingerprint density at radius 2 is 2.03 bits per heavy atom. The van der Waals surface area contributed by atoms with Crippen molar-refractivity contribution >= 4 is 17.5 Å². The van der Waals surface area contributed by atoms with Gasteiger partial charge in [0, 0.05) is 17.7 Å². The monoisotopic (exact) mass is 406 g/mol. The standard InChI is InChI=1S/C19H16N6O3.C2H6/c26-18(13-3-4-13)22-19-21-17-15(2-1-9-25(17)23-19)12-5-7-14(8-6-12)27-10-16-20-11-28-24-16;1-2/h1-2,5-9,11,13H,3-4,10H2,(H,22,23,26);1-2H3. The first kappa shape index (κ1) is 19.6. The SMILES string of the molecule is CC.O=C(Nc1nc2c(-c3ccc(OCc4ncon4)cc3)cccn2n1)C1CC1. The number of amides is 1. The number of hydrogen-bond donors (Lipinski definition) is 1. The van der Waals surface area contributed by atoms with E-state index in [1.54, 1.807) is 10.7 Å². The van der Waals surface area contributed by atoms with E-state index < -0.39 is 0 Å². The van der Waals surface area contributed by atoms with Gasteiger partial charge in [-0.1, -0.05) is 31.1 Å². The molecule has 30 heavy (non-hydrogen) atoms. The normalized spacial score (nSPS) is 12.9. The van der Waals surface area contributed by atoms with E-state index in [1.807, 2.05) is 50.2 Å². The van der Waals surface area contributed by atoms with Crippen LogP contribution in [0, 0.1) is 5.92 Å². The van der Waals surface area contributed by atoms with Gasteiger partial charge in [0.05, 0.1) is 0 Å². The van der Waals surface area contributed by atoms with Crippen LogP contribution < -0.4 is 10.1 Å². The fraction of sp³-hybridized carbons (Fsp3) is 0.286. The predicted molar refractivity (Wildman–Crippen MR) is 110 cm³/mol. The molecule has 0 saturated heterocycles. The van der Waals surface area contributed by atoms with Crippen LogP contribution in [0.5, 0.6) is 5.75 Å². The summed E-state index contributed by atoms with van der Waals surface area (Å²) in [4.78, 5) is 20.4. The second-order valence-corrected chi connectivity index (χ2v) is 6.55. The number of aromatic nitrogens is 5. The van der Waals surface area contributed by atoms with Crippen LogP contribution in [0.25, 0.3) is 16.8 Å². The number of hydrogen-bond acceptors (Lipinski definition) is 7. The average Bonchev–Trinajstić information content (AvgIpc) is 3.35. The Morgan fingerprint density at radius 1 is 1.23 bits per heavy atom. The van der Waals surface area contributed by atoms with Crippen LogP contribution >= 0.6 is 0 Å². The molecular formula is C21H22N6O3. The zero-order valence-electron chi connectivity index (χ0n) is 16.8. The van der Waals surface area contributed by atoms with Gasteiger partial charge >= 0.3 is 0 Å². The van der Waals surface area contributed by atoms with E-state index >= 15 is 0 Å². The van der Waals surface area contributed by atoms with Gasteiger partial charge in [-0.15, -0.1) is 5.10 Å². The largest absolute Gasteiger partial charge is 0.485 e. The van der Waals surface area contributed by atoms with Crippen LogP contribution in [0.2, 0.25) is 0 Å². The third-order valence-corrected chi connectivity index (χ3v) is 4.49. The second kappa shape index (κ2) is 8.73. The highest BCUT2D eigenvalue weighted by molar-refractivity contribution is 5.93. The van der Waals surface area contributed by atoms with E-state index in [0.29, 0.717) is 23.2 Å². The van der Waals surface area contributed by atoms with Crippen molar-refractivity contribution in [1.82, 2.24) is 24.7 Å². The molecule has 1 N–H and O–H groups in total. The Labute approximate surface area is 173 Å². The molecule has 5 rings (SSSR count). The lowest BCUT2D eigenvalue weighted by Crippen LogP contribution is -2.14. The van der Waals surface area contributed by atoms with Crippen LogP contribution in [0.3, 0.4) is 0 Å². The van der Waals surface area contributed by atoms with E-state index in [0.717, 1.165) is 24.0 Å². The molecule has 0 unspecified atom stereocenters. The maximum absolute atomic E-state index is 12.0. The second-order valence-electron chi connectivity index (χ2n) is 6.55. The van der Waals surface area contributed by atoms with Gasteiger partial charge in [-0.3, -0.25) is 10.1 Å². The average molecular weight is 406 g/mol. The summed E-state index contributed by atoms with van der Waals surface area (Å²) in [6, 6.07) is 11.5. The van der Waals surface area contributed by atoms with Crippen LogP contribution in [-0.4, -0.2) is 30.6 Å². The van der Waals surface area contributed by atoms with Crippen molar-refractivity contribution in [3.8, 4) is 16.9 Å². The molecule has 0 atom stereocenters. The number of carbonyl (C=O) groups is 1. The number of nitrogens with one attached hydrogen (secondary N) is 1. The summed E-state index contributed by atoms with van der Waals surface area (Å²) in [5.41, 5.74) is 2.55. The third kappa shape index (κ3) is 4.29. The summed E-state index contributed by atoms with van der Waals surface area (Å²) in [6.45, 7) is 4.24. The smallest absolute Gasteiger partial charge is 0.249 e. The summed E-state index contributed by atoms with van der Waals surface area (Å²) in [6.07, 6.45) is 4.94. The molecule has 0 radical (unpaired) electrons. The summed E-state index contributed by atoms with van der Waals surface area (Å²) >= 11 is 0. The summed E-state index contributed by atoms with van der Waals surface area (Å²) in [7, 11) is 0. The maximum atomic E-state index is 12.0. The molecule has 0 aliphatic heterocycles. The number of benzene rings is 1. The zero-order valence-corrected chi connectivity index (χ0v) is 16.8. The Balaban J connectivity index is 0.00000106. The maximum Gasteiger partial charge on any atom is 0.249 e. The fourth-order valence-corrected chi connectivity index (χ4v) is 2.88. The number of ether oxygens (including phenoxy) is 1. The molecule has 1 amide bonds. The summed E-state index contributed by atoms with van der Waals surface area (Å²) < 4.78 is 12.0. The number of carbonyl (C=O) groups excluding carboxylic acids is 1. The minimum atomic E-state index is -0.0134. The number of rotatable bonds is 6. The topological polar surface area (TPSA) is 107 Å². The van der Waals surface area contributed by atoms with Crippen molar-refractivity contribution in [2.24, 2.45) is 5.92 Å². The Kier molecular flexibility index (Phi) is 5.69. The molecule has 1 aromatic carbocycles. The Morgan fingerprint density at radius 3 is 2.73 bits per heavy atom. The summed E-state index contributed by atoms with van der Waals surface area (Å²) in [5, 5.41) is 10.8. The highest BCUT2D eigenvalue weighted by Gasteiger charge is 2.30. The minimum absolute atomic E-state index is 0.0134. The Hall–Kier alpha value is -3.75. The van der Waals surface area contributed by atoms with Gasteiger partial charge in [0.15, 0.2) is 12.3 Å². The number of nitrogens with zero attached hydrogens (tertiary/aromatic N) is 5. The van der Waals surface area contributed by atoms with Gasteiger partial charge < -0.3 is 9.26 Å². The van der Waals surface area contributed by atoms with E-state index in [2.05, 4.69) is 30.1 Å². The van der Waals surface area contributed by atoms with Crippen molar-refractivity contribution in [1.29, 1.82) is 0 Å². The minimum Gasteiger partial charge on any atom is -0.485 e. The lowest BCUT2D eigenvalue weighted by Gasteiger charge is -2.06. The Bertz CT molecular complexity index is 1120. The van der Waals surface area contributed by atoms with Gasteiger partial charge in [0.2, 0.25) is 24.1 Å². The molecule has 0 spiro atoms. The molecule has 1 fully saturated rings. The first-order valence-electron chi connectivity index (χ1n) is 9.91. The quantitative estimate of drug-likeness (QED) is 0.520. The summed E-state index contributed by atoms with van der Waals surface area (Å²) in [5.74, 6) is 1.59.